The van der Waals surface area contributed by atoms with Gasteiger partial charge in [-0.05, 0) is 35.6 Å². The minimum absolute atomic E-state index is 0.196. The first kappa shape index (κ1) is 16.5. The van der Waals surface area contributed by atoms with Crippen LogP contribution in [-0.2, 0) is 0 Å². The molecule has 2 aromatic rings. The largest absolute Gasteiger partial charge is 0.338 e. The van der Waals surface area contributed by atoms with Gasteiger partial charge in [-0.15, -0.1) is 11.3 Å². The maximum atomic E-state index is 13.1. The quantitative estimate of drug-likeness (QED) is 0.726. The van der Waals surface area contributed by atoms with E-state index >= 15 is 0 Å². The van der Waals surface area contributed by atoms with Gasteiger partial charge in [-0.25, -0.2) is 9.18 Å². The third-order valence-electron chi connectivity index (χ3n) is 3.37. The summed E-state index contributed by atoms with van der Waals surface area (Å²) in [5, 5.41) is 7.81. The lowest BCUT2D eigenvalue weighted by Gasteiger charge is -2.18. The van der Waals surface area contributed by atoms with Crippen molar-refractivity contribution in [1.82, 2.24) is 10.6 Å². The summed E-state index contributed by atoms with van der Waals surface area (Å²) < 4.78 is 13.1. The summed E-state index contributed by atoms with van der Waals surface area (Å²) in [4.78, 5) is 13.1. The maximum absolute atomic E-state index is 13.1. The van der Waals surface area contributed by atoms with E-state index in [9.17, 15) is 9.18 Å². The molecule has 1 aromatic heterocycles. The van der Waals surface area contributed by atoms with Crippen molar-refractivity contribution in [2.24, 2.45) is 0 Å². The minimum atomic E-state index is -0.280. The van der Waals surface area contributed by atoms with Crippen LogP contribution in [0.15, 0.2) is 41.8 Å². The summed E-state index contributed by atoms with van der Waals surface area (Å²) in [5.74, 6) is -0.280. The van der Waals surface area contributed by atoms with E-state index in [0.717, 1.165) is 29.7 Å². The van der Waals surface area contributed by atoms with Gasteiger partial charge in [0.05, 0.1) is 6.04 Å². The Kier molecular flexibility index (Phi) is 6.40. The molecule has 0 saturated heterocycles. The second-order valence-corrected chi connectivity index (χ2v) is 6.09. The number of hydrogen-bond donors (Lipinski definition) is 2. The number of carbonyl (C=O) groups is 1. The molecule has 1 unspecified atom stereocenters. The molecule has 1 atom stereocenters. The highest BCUT2D eigenvalue weighted by Crippen LogP contribution is 2.26. The lowest BCUT2D eigenvalue weighted by molar-refractivity contribution is 0.238. The van der Waals surface area contributed by atoms with Gasteiger partial charge in [0.15, 0.2) is 0 Å². The van der Waals surface area contributed by atoms with E-state index in [-0.39, 0.29) is 17.9 Å². The molecule has 2 N–H and O–H groups in total. The Labute approximate surface area is 134 Å². The molecule has 2 amide bonds. The molecular formula is C17H21FN2OS. The molecule has 118 valence electrons. The monoisotopic (exact) mass is 320 g/mol. The minimum Gasteiger partial charge on any atom is -0.338 e. The summed E-state index contributed by atoms with van der Waals surface area (Å²) in [7, 11) is 0. The van der Waals surface area contributed by atoms with E-state index in [4.69, 9.17) is 0 Å². The van der Waals surface area contributed by atoms with Crippen molar-refractivity contribution < 1.29 is 9.18 Å². The van der Waals surface area contributed by atoms with Gasteiger partial charge >= 0.3 is 6.03 Å². The Hall–Kier alpha value is -1.88. The van der Waals surface area contributed by atoms with Crippen LogP contribution in [0.2, 0.25) is 0 Å². The Morgan fingerprint density at radius 2 is 2.00 bits per heavy atom. The fourth-order valence-corrected chi connectivity index (χ4v) is 2.99. The smallest absolute Gasteiger partial charge is 0.315 e. The molecule has 22 heavy (non-hydrogen) atoms. The summed E-state index contributed by atoms with van der Waals surface area (Å²) >= 11 is 1.57. The average Bonchev–Trinajstić information content (AvgIpc) is 3.04. The summed E-state index contributed by atoms with van der Waals surface area (Å²) in [6.07, 6.45) is 3.20. The highest BCUT2D eigenvalue weighted by Gasteiger charge is 2.17. The SMILES string of the molecule is CCCCCNC(=O)NC(c1ccc(F)cc1)c1cccs1. The molecule has 0 fully saturated rings. The highest BCUT2D eigenvalue weighted by atomic mass is 32.1. The molecule has 1 heterocycles. The lowest BCUT2D eigenvalue weighted by Crippen LogP contribution is -2.38. The lowest BCUT2D eigenvalue weighted by atomic mass is 10.1. The van der Waals surface area contributed by atoms with Crippen molar-refractivity contribution >= 4 is 17.4 Å². The topological polar surface area (TPSA) is 41.1 Å². The highest BCUT2D eigenvalue weighted by molar-refractivity contribution is 7.10. The van der Waals surface area contributed by atoms with Crippen molar-refractivity contribution in [1.29, 1.82) is 0 Å². The zero-order valence-electron chi connectivity index (χ0n) is 12.6. The molecular weight excluding hydrogens is 299 g/mol. The van der Waals surface area contributed by atoms with E-state index < -0.39 is 0 Å². The van der Waals surface area contributed by atoms with Crippen molar-refractivity contribution in [3.63, 3.8) is 0 Å². The van der Waals surface area contributed by atoms with Crippen molar-refractivity contribution in [3.05, 3.63) is 58.0 Å². The predicted molar refractivity (Wildman–Crippen MR) is 88.6 cm³/mol. The van der Waals surface area contributed by atoms with E-state index in [0.29, 0.717) is 6.54 Å². The first-order valence-electron chi connectivity index (χ1n) is 7.54. The third kappa shape index (κ3) is 4.84. The first-order valence-corrected chi connectivity index (χ1v) is 8.42. The van der Waals surface area contributed by atoms with Gasteiger partial charge in [-0.1, -0.05) is 38.0 Å². The number of nitrogens with one attached hydrogen (secondary N) is 2. The van der Waals surface area contributed by atoms with E-state index in [2.05, 4.69) is 17.6 Å². The Bertz CT molecular complexity index is 569. The summed E-state index contributed by atoms with van der Waals surface area (Å²) in [5.41, 5.74) is 0.868. The molecule has 0 saturated carbocycles. The van der Waals surface area contributed by atoms with Crippen molar-refractivity contribution in [2.45, 2.75) is 32.2 Å². The molecule has 2 rings (SSSR count). The van der Waals surface area contributed by atoms with Gasteiger partial charge in [0.1, 0.15) is 5.82 Å². The van der Waals surface area contributed by atoms with Crippen LogP contribution in [0.1, 0.15) is 42.7 Å². The third-order valence-corrected chi connectivity index (χ3v) is 4.31. The molecule has 0 radical (unpaired) electrons. The van der Waals surface area contributed by atoms with Crippen LogP contribution >= 0.6 is 11.3 Å². The number of halogens is 1. The fourth-order valence-electron chi connectivity index (χ4n) is 2.19. The van der Waals surface area contributed by atoms with E-state index in [1.165, 1.54) is 12.1 Å². The van der Waals surface area contributed by atoms with Crippen molar-refractivity contribution in [2.75, 3.05) is 6.54 Å². The molecule has 0 spiro atoms. The van der Waals surface area contributed by atoms with Crippen LogP contribution in [0, 0.1) is 5.82 Å². The van der Waals surface area contributed by atoms with Gasteiger partial charge < -0.3 is 10.6 Å². The molecule has 3 nitrogen and oxygen atoms in total. The van der Waals surface area contributed by atoms with Crippen LogP contribution in [-0.4, -0.2) is 12.6 Å². The van der Waals surface area contributed by atoms with Crippen LogP contribution in [0.3, 0.4) is 0 Å². The van der Waals surface area contributed by atoms with Gasteiger partial charge in [0.25, 0.3) is 0 Å². The number of benzene rings is 1. The van der Waals surface area contributed by atoms with E-state index in [1.807, 2.05) is 17.5 Å². The number of amides is 2. The van der Waals surface area contributed by atoms with Crippen molar-refractivity contribution in [3.8, 4) is 0 Å². The zero-order valence-corrected chi connectivity index (χ0v) is 13.5. The van der Waals surface area contributed by atoms with Gasteiger partial charge in [0, 0.05) is 11.4 Å². The molecule has 0 aliphatic rings. The van der Waals surface area contributed by atoms with Gasteiger partial charge in [-0.3, -0.25) is 0 Å². The standard InChI is InChI=1S/C17H21FN2OS/c1-2-3-4-11-19-17(21)20-16(15-6-5-12-22-15)13-7-9-14(18)10-8-13/h5-10,12,16H,2-4,11H2,1H3,(H2,19,20,21). The fraction of sp³-hybridized carbons (Fsp3) is 0.353. The predicted octanol–water partition coefficient (Wildman–Crippen LogP) is 4.47. The molecule has 0 aliphatic heterocycles. The number of carbonyl (C=O) groups excluding carboxylic acids is 1. The first-order chi connectivity index (χ1) is 10.7. The second-order valence-electron chi connectivity index (χ2n) is 5.11. The number of unbranched alkanes of at least 4 members (excludes halogenated alkanes) is 2. The number of thiophene rings is 1. The zero-order chi connectivity index (χ0) is 15.8. The normalized spacial score (nSPS) is 11.9. The van der Waals surface area contributed by atoms with Gasteiger partial charge in [0.2, 0.25) is 0 Å². The van der Waals surface area contributed by atoms with E-state index in [1.54, 1.807) is 23.5 Å². The molecule has 1 aromatic carbocycles. The molecule has 0 aliphatic carbocycles. The number of urea groups is 1. The summed E-state index contributed by atoms with van der Waals surface area (Å²) in [6, 6.07) is 9.69. The van der Waals surface area contributed by atoms with Crippen LogP contribution in [0.5, 0.6) is 0 Å². The molecule has 0 bridgehead atoms. The van der Waals surface area contributed by atoms with Crippen LogP contribution in [0.25, 0.3) is 0 Å². The van der Waals surface area contributed by atoms with Crippen LogP contribution in [0.4, 0.5) is 9.18 Å². The van der Waals surface area contributed by atoms with Gasteiger partial charge in [-0.2, -0.15) is 0 Å². The maximum Gasteiger partial charge on any atom is 0.315 e. The molecule has 5 heteroatoms. The Balaban J connectivity index is 2.03. The van der Waals surface area contributed by atoms with Crippen LogP contribution < -0.4 is 10.6 Å². The number of hydrogen-bond acceptors (Lipinski definition) is 2. The Morgan fingerprint density at radius 1 is 1.23 bits per heavy atom. The Morgan fingerprint density at radius 3 is 2.64 bits per heavy atom. The average molecular weight is 320 g/mol. The number of rotatable bonds is 7. The second kappa shape index (κ2) is 8.54. The summed E-state index contributed by atoms with van der Waals surface area (Å²) in [6.45, 7) is 2.79.